The highest BCUT2D eigenvalue weighted by molar-refractivity contribution is 7.80. The molecule has 13 heavy (non-hydrogen) atoms. The molecule has 2 heteroatoms. The van der Waals surface area contributed by atoms with Crippen LogP contribution in [-0.4, -0.2) is 6.10 Å². The lowest BCUT2D eigenvalue weighted by Crippen LogP contribution is -2.11. The Labute approximate surface area is 85.5 Å². The van der Waals surface area contributed by atoms with Crippen LogP contribution in [0.1, 0.15) is 26.7 Å². The Balaban J connectivity index is 2.58. The van der Waals surface area contributed by atoms with Crippen molar-refractivity contribution in [3.8, 4) is 5.75 Å². The maximum atomic E-state index is 5.71. The van der Waals surface area contributed by atoms with E-state index in [0.717, 1.165) is 23.5 Å². The molecule has 1 atom stereocenters. The van der Waals surface area contributed by atoms with Crippen molar-refractivity contribution in [2.24, 2.45) is 0 Å². The molecule has 0 heterocycles. The number of ether oxygens (including phenoxy) is 1. The van der Waals surface area contributed by atoms with Crippen molar-refractivity contribution in [3.63, 3.8) is 0 Å². The number of hydrogen-bond donors (Lipinski definition) is 1. The second kappa shape index (κ2) is 5.18. The molecule has 0 saturated heterocycles. The second-order valence-corrected chi connectivity index (χ2v) is 3.67. The molecule has 1 aromatic carbocycles. The summed E-state index contributed by atoms with van der Waals surface area (Å²) in [5, 5.41) is 0. The molecule has 0 amide bonds. The normalized spacial score (nSPS) is 12.5. The molecule has 0 aliphatic carbocycles. The van der Waals surface area contributed by atoms with Crippen LogP contribution in [0.5, 0.6) is 5.75 Å². The average Bonchev–Trinajstić information content (AvgIpc) is 2.09. The summed E-state index contributed by atoms with van der Waals surface area (Å²) in [6, 6.07) is 7.82. The third-order valence-corrected chi connectivity index (χ3v) is 2.26. The van der Waals surface area contributed by atoms with E-state index in [9.17, 15) is 0 Å². The molecular formula is C11H16OS. The van der Waals surface area contributed by atoms with E-state index in [1.807, 2.05) is 24.3 Å². The van der Waals surface area contributed by atoms with Gasteiger partial charge in [0.25, 0.3) is 0 Å². The van der Waals surface area contributed by atoms with E-state index in [4.69, 9.17) is 4.74 Å². The maximum Gasteiger partial charge on any atom is 0.132 e. The molecule has 1 aromatic rings. The number of hydrogen-bond acceptors (Lipinski definition) is 2. The first kappa shape index (κ1) is 10.5. The summed E-state index contributed by atoms with van der Waals surface area (Å²) >= 11 is 4.32. The number of rotatable bonds is 4. The highest BCUT2D eigenvalue weighted by atomic mass is 32.1. The standard InChI is InChI=1S/C11H16OS/c1-3-6-9(2)12-10-7-4-5-8-11(10)13/h4-5,7-9,13H,3,6H2,1-2H3. The summed E-state index contributed by atoms with van der Waals surface area (Å²) in [4.78, 5) is 0.908. The molecule has 0 bridgehead atoms. The van der Waals surface area contributed by atoms with Gasteiger partial charge in [-0.2, -0.15) is 0 Å². The molecule has 0 fully saturated rings. The van der Waals surface area contributed by atoms with Crippen LogP contribution in [0, 0.1) is 0 Å². The SMILES string of the molecule is CCCC(C)Oc1ccccc1S. The Kier molecular flexibility index (Phi) is 4.16. The minimum atomic E-state index is 0.276. The van der Waals surface area contributed by atoms with E-state index in [0.29, 0.717) is 0 Å². The lowest BCUT2D eigenvalue weighted by atomic mass is 10.2. The summed E-state index contributed by atoms with van der Waals surface area (Å²) in [6.07, 6.45) is 2.51. The van der Waals surface area contributed by atoms with Crippen LogP contribution in [0.3, 0.4) is 0 Å². The fraction of sp³-hybridized carbons (Fsp3) is 0.455. The molecule has 0 N–H and O–H groups in total. The Bertz CT molecular complexity index is 260. The van der Waals surface area contributed by atoms with Crippen LogP contribution in [0.4, 0.5) is 0 Å². The van der Waals surface area contributed by atoms with Gasteiger partial charge in [0.15, 0.2) is 0 Å². The van der Waals surface area contributed by atoms with Gasteiger partial charge >= 0.3 is 0 Å². The highest BCUT2D eigenvalue weighted by Gasteiger charge is 2.04. The van der Waals surface area contributed by atoms with E-state index in [1.165, 1.54) is 0 Å². The van der Waals surface area contributed by atoms with Gasteiger partial charge in [0.2, 0.25) is 0 Å². The lowest BCUT2D eigenvalue weighted by molar-refractivity contribution is 0.205. The van der Waals surface area contributed by atoms with Gasteiger partial charge in [-0.15, -0.1) is 12.6 Å². The monoisotopic (exact) mass is 196 g/mol. The Morgan fingerprint density at radius 2 is 2.08 bits per heavy atom. The smallest absolute Gasteiger partial charge is 0.132 e. The third-order valence-electron chi connectivity index (χ3n) is 1.89. The molecule has 1 nitrogen and oxygen atoms in total. The second-order valence-electron chi connectivity index (χ2n) is 3.18. The van der Waals surface area contributed by atoms with Gasteiger partial charge in [0, 0.05) is 4.90 Å². The summed E-state index contributed by atoms with van der Waals surface area (Å²) in [5.74, 6) is 0.881. The van der Waals surface area contributed by atoms with E-state index < -0.39 is 0 Å². The quantitative estimate of drug-likeness (QED) is 0.725. The van der Waals surface area contributed by atoms with Crippen LogP contribution in [0.2, 0.25) is 0 Å². The molecule has 1 unspecified atom stereocenters. The zero-order valence-electron chi connectivity index (χ0n) is 8.16. The van der Waals surface area contributed by atoms with E-state index in [-0.39, 0.29) is 6.10 Å². The van der Waals surface area contributed by atoms with E-state index >= 15 is 0 Å². The first-order valence-electron chi connectivity index (χ1n) is 4.68. The van der Waals surface area contributed by atoms with Crippen molar-refractivity contribution >= 4 is 12.6 Å². The first-order chi connectivity index (χ1) is 6.24. The third kappa shape index (κ3) is 3.31. The predicted octanol–water partition coefficient (Wildman–Crippen LogP) is 3.54. The minimum Gasteiger partial charge on any atom is -0.490 e. The predicted molar refractivity (Wildman–Crippen MR) is 58.7 cm³/mol. The average molecular weight is 196 g/mol. The van der Waals surface area contributed by atoms with Gasteiger partial charge < -0.3 is 4.74 Å². The molecule has 0 radical (unpaired) electrons. The summed E-state index contributed by atoms with van der Waals surface area (Å²) < 4.78 is 5.71. The van der Waals surface area contributed by atoms with Gasteiger partial charge in [0.05, 0.1) is 6.10 Å². The van der Waals surface area contributed by atoms with Crippen LogP contribution in [0.15, 0.2) is 29.2 Å². The molecular weight excluding hydrogens is 180 g/mol. The zero-order chi connectivity index (χ0) is 9.68. The van der Waals surface area contributed by atoms with Crippen LogP contribution in [-0.2, 0) is 0 Å². The molecule has 0 aliphatic heterocycles. The summed E-state index contributed by atoms with van der Waals surface area (Å²) in [6.45, 7) is 4.25. The summed E-state index contributed by atoms with van der Waals surface area (Å²) in [7, 11) is 0. The Morgan fingerprint density at radius 3 is 2.69 bits per heavy atom. The van der Waals surface area contributed by atoms with E-state index in [2.05, 4.69) is 26.5 Å². The molecule has 0 spiro atoms. The number of thiol groups is 1. The zero-order valence-corrected chi connectivity index (χ0v) is 9.05. The van der Waals surface area contributed by atoms with Gasteiger partial charge in [0.1, 0.15) is 5.75 Å². The van der Waals surface area contributed by atoms with Crippen molar-refractivity contribution in [2.45, 2.75) is 37.7 Å². The van der Waals surface area contributed by atoms with Crippen LogP contribution in [0.25, 0.3) is 0 Å². The number of para-hydroxylation sites is 1. The Morgan fingerprint density at radius 1 is 1.38 bits per heavy atom. The van der Waals surface area contributed by atoms with Crippen molar-refractivity contribution in [1.82, 2.24) is 0 Å². The highest BCUT2D eigenvalue weighted by Crippen LogP contribution is 2.23. The molecule has 0 saturated carbocycles. The first-order valence-corrected chi connectivity index (χ1v) is 5.13. The van der Waals surface area contributed by atoms with Crippen LogP contribution >= 0.6 is 12.6 Å². The van der Waals surface area contributed by atoms with Crippen LogP contribution < -0.4 is 4.74 Å². The van der Waals surface area contributed by atoms with E-state index in [1.54, 1.807) is 0 Å². The van der Waals surface area contributed by atoms with Gasteiger partial charge in [-0.1, -0.05) is 25.5 Å². The minimum absolute atomic E-state index is 0.276. The van der Waals surface area contributed by atoms with Crippen molar-refractivity contribution in [2.75, 3.05) is 0 Å². The molecule has 0 aromatic heterocycles. The largest absolute Gasteiger partial charge is 0.490 e. The Hall–Kier alpha value is -0.630. The summed E-state index contributed by atoms with van der Waals surface area (Å²) in [5.41, 5.74) is 0. The van der Waals surface area contributed by atoms with Crippen molar-refractivity contribution in [3.05, 3.63) is 24.3 Å². The maximum absolute atomic E-state index is 5.71. The molecule has 1 rings (SSSR count). The van der Waals surface area contributed by atoms with Gasteiger partial charge in [-0.25, -0.2) is 0 Å². The topological polar surface area (TPSA) is 9.23 Å². The number of benzene rings is 1. The lowest BCUT2D eigenvalue weighted by Gasteiger charge is -2.14. The molecule has 0 aliphatic rings. The fourth-order valence-corrected chi connectivity index (χ4v) is 1.45. The van der Waals surface area contributed by atoms with Gasteiger partial charge in [-0.05, 0) is 25.5 Å². The van der Waals surface area contributed by atoms with Crippen molar-refractivity contribution in [1.29, 1.82) is 0 Å². The van der Waals surface area contributed by atoms with Gasteiger partial charge in [-0.3, -0.25) is 0 Å². The van der Waals surface area contributed by atoms with Crippen molar-refractivity contribution < 1.29 is 4.74 Å². The fourth-order valence-electron chi connectivity index (χ4n) is 1.24. The molecule has 72 valence electrons.